The first-order chi connectivity index (χ1) is 17.8. The number of carbonyl (C=O) groups excluding carboxylic acids is 2. The van der Waals surface area contributed by atoms with Gasteiger partial charge in [0.1, 0.15) is 22.6 Å². The first kappa shape index (κ1) is 27.1. The molecule has 3 aromatic rings. The van der Waals surface area contributed by atoms with Crippen LogP contribution in [0.15, 0.2) is 30.5 Å². The largest absolute Gasteiger partial charge is 0.478 e. The number of nitrogens with two attached hydrogens (primary N) is 1. The molecular formula is C22H12B4ClF2N5O4. The van der Waals surface area contributed by atoms with Crippen LogP contribution in [0, 0.1) is 23.0 Å². The molecule has 0 saturated heterocycles. The number of carbonyl (C=O) groups is 2. The van der Waals surface area contributed by atoms with E-state index in [0.29, 0.717) is 0 Å². The molecule has 0 aliphatic heterocycles. The van der Waals surface area contributed by atoms with Crippen LogP contribution in [-0.4, -0.2) is 61.0 Å². The van der Waals surface area contributed by atoms with Crippen LogP contribution in [0.4, 0.5) is 19.3 Å². The Hall–Kier alpha value is -3.91. The molecule has 0 atom stereocenters. The first-order valence-corrected chi connectivity index (χ1v) is 11.0. The Morgan fingerprint density at radius 1 is 1.18 bits per heavy atom. The number of rotatable bonds is 7. The molecule has 0 spiro atoms. The van der Waals surface area contributed by atoms with Crippen molar-refractivity contribution in [3.05, 3.63) is 52.7 Å². The summed E-state index contributed by atoms with van der Waals surface area (Å²) in [5.74, 6) is -4.51. The number of amides is 3. The van der Waals surface area contributed by atoms with Gasteiger partial charge < -0.3 is 25.8 Å². The van der Waals surface area contributed by atoms with E-state index in [1.54, 1.807) is 6.07 Å². The van der Waals surface area contributed by atoms with Gasteiger partial charge >= 0.3 is 6.03 Å². The molecule has 1 heterocycles. The third-order valence-electron chi connectivity index (χ3n) is 5.83. The molecule has 2 aromatic carbocycles. The van der Waals surface area contributed by atoms with Crippen molar-refractivity contribution in [1.82, 2.24) is 10.3 Å². The minimum atomic E-state index is -1.59. The lowest BCUT2D eigenvalue weighted by atomic mass is 9.49. The summed E-state index contributed by atoms with van der Waals surface area (Å²) in [4.78, 5) is 28.3. The normalized spacial score (nSPS) is 15.3. The number of fused-ring (bicyclic) bond motifs is 1. The summed E-state index contributed by atoms with van der Waals surface area (Å²) in [5, 5.41) is 9.49. The molecule has 182 valence electrons. The van der Waals surface area contributed by atoms with Crippen molar-refractivity contribution in [2.45, 2.75) is 16.5 Å². The van der Waals surface area contributed by atoms with E-state index in [2.05, 4.69) is 15.6 Å². The number of nitrogens with one attached hydrogen (secondary N) is 2. The van der Waals surface area contributed by atoms with Crippen molar-refractivity contribution in [2.75, 3.05) is 11.9 Å². The molecule has 1 fully saturated rings. The summed E-state index contributed by atoms with van der Waals surface area (Å²) in [6.45, 7) is -0.366. The molecule has 1 aliphatic rings. The second-order valence-electron chi connectivity index (χ2n) is 8.35. The number of nitriles is 1. The van der Waals surface area contributed by atoms with Crippen molar-refractivity contribution in [3.63, 3.8) is 0 Å². The number of urea groups is 1. The second kappa shape index (κ2) is 9.76. The smallest absolute Gasteiger partial charge is 0.319 e. The van der Waals surface area contributed by atoms with Crippen LogP contribution in [0.3, 0.4) is 0 Å². The number of halogens is 3. The van der Waals surface area contributed by atoms with Crippen molar-refractivity contribution in [1.29, 1.82) is 5.26 Å². The quantitative estimate of drug-likeness (QED) is 0.319. The molecule has 16 heteroatoms. The Kier molecular flexibility index (Phi) is 6.97. The van der Waals surface area contributed by atoms with Crippen molar-refractivity contribution in [3.8, 4) is 23.3 Å². The van der Waals surface area contributed by atoms with Crippen molar-refractivity contribution < 1.29 is 27.8 Å². The van der Waals surface area contributed by atoms with E-state index in [1.807, 2.05) is 0 Å². The molecule has 4 rings (SSSR count). The summed E-state index contributed by atoms with van der Waals surface area (Å²) in [6.07, 6.45) is 1.27. The number of pyridine rings is 1. The van der Waals surface area contributed by atoms with E-state index < -0.39 is 56.5 Å². The Bertz CT molecular complexity index is 1520. The Morgan fingerprint density at radius 3 is 2.47 bits per heavy atom. The van der Waals surface area contributed by atoms with E-state index in [9.17, 15) is 14.0 Å². The molecule has 1 aliphatic carbocycles. The van der Waals surface area contributed by atoms with Gasteiger partial charge in [-0.3, -0.25) is 9.78 Å². The van der Waals surface area contributed by atoms with E-state index in [0.717, 1.165) is 6.07 Å². The van der Waals surface area contributed by atoms with Gasteiger partial charge in [-0.05, 0) is 12.1 Å². The van der Waals surface area contributed by atoms with Crippen LogP contribution in [0.2, 0.25) is 15.5 Å². The topological polar surface area (TPSA) is 139 Å². The van der Waals surface area contributed by atoms with Gasteiger partial charge in [0.05, 0.1) is 48.2 Å². The molecule has 0 bridgehead atoms. The summed E-state index contributed by atoms with van der Waals surface area (Å²) >= 11 is 6.02. The maximum Gasteiger partial charge on any atom is 0.319 e. The third kappa shape index (κ3) is 4.72. The maximum atomic E-state index is 15.1. The van der Waals surface area contributed by atoms with Gasteiger partial charge in [-0.1, -0.05) is 22.0 Å². The fourth-order valence-electron chi connectivity index (χ4n) is 3.63. The fourth-order valence-corrected chi connectivity index (χ4v) is 3.82. The second-order valence-corrected chi connectivity index (χ2v) is 8.73. The first-order valence-electron chi connectivity index (χ1n) is 10.6. The summed E-state index contributed by atoms with van der Waals surface area (Å²) in [6, 6.07) is 4.32. The number of ether oxygens (including phenoxy) is 2. The molecule has 1 aromatic heterocycles. The van der Waals surface area contributed by atoms with Gasteiger partial charge in [0.2, 0.25) is 0 Å². The van der Waals surface area contributed by atoms with Crippen molar-refractivity contribution >= 4 is 71.5 Å². The highest BCUT2D eigenvalue weighted by molar-refractivity contribution is 6.61. The molecule has 0 unspecified atom stereocenters. The van der Waals surface area contributed by atoms with Gasteiger partial charge in [0.25, 0.3) is 5.91 Å². The monoisotopic (exact) mass is 527 g/mol. The van der Waals surface area contributed by atoms with E-state index in [4.69, 9.17) is 63.5 Å². The standard InChI is InChI=1S/C22H12B4ClF2N5O4/c23-21(24)19(22(21,25)26)34-20(36)33-12-6-10(28)17(16(29)15(12)27)38-13-1-3-32-11-7-14(37-4-2-30)9(18(31)35)5-8(11)13/h1,3,5-7,19H,4H2,(H2,31,35)(H2,33,34,36). The number of benzene rings is 2. The number of anilines is 1. The average molecular weight is 527 g/mol. The zero-order chi connectivity index (χ0) is 28.0. The average Bonchev–Trinajstić information content (AvgIpc) is 3.24. The molecule has 3 amide bonds. The van der Waals surface area contributed by atoms with Crippen LogP contribution in [0.25, 0.3) is 10.9 Å². The zero-order valence-electron chi connectivity index (χ0n) is 19.2. The molecule has 4 N–H and O–H groups in total. The summed E-state index contributed by atoms with van der Waals surface area (Å²) in [7, 11) is 22.7. The van der Waals surface area contributed by atoms with Gasteiger partial charge in [0, 0.05) is 29.8 Å². The van der Waals surface area contributed by atoms with Crippen LogP contribution >= 0.6 is 11.6 Å². The molecule has 9 nitrogen and oxygen atoms in total. The Labute approximate surface area is 225 Å². The summed E-state index contributed by atoms with van der Waals surface area (Å²) in [5.41, 5.74) is 5.04. The lowest BCUT2D eigenvalue weighted by Crippen LogP contribution is -2.34. The molecule has 38 heavy (non-hydrogen) atoms. The predicted octanol–water partition coefficient (Wildman–Crippen LogP) is 2.37. The van der Waals surface area contributed by atoms with Crippen LogP contribution in [0.5, 0.6) is 17.2 Å². The number of aromatic nitrogens is 1. The zero-order valence-corrected chi connectivity index (χ0v) is 20.0. The Morgan fingerprint density at radius 2 is 1.87 bits per heavy atom. The van der Waals surface area contributed by atoms with E-state index in [1.165, 1.54) is 24.4 Å². The maximum absolute atomic E-state index is 15.1. The molecule has 8 radical (unpaired) electrons. The number of hydrogen-bond donors (Lipinski definition) is 3. The SMILES string of the molecule is [B]C1([B])C(NC(=O)Nc2cc(F)c(Oc3ccnc4cc(OCC#N)c(C(N)=O)cc34)c(F)c2Cl)C1([B])[B]. The minimum Gasteiger partial charge on any atom is -0.478 e. The van der Waals surface area contributed by atoms with Crippen molar-refractivity contribution in [2.24, 2.45) is 5.73 Å². The van der Waals surface area contributed by atoms with Gasteiger partial charge in [0.15, 0.2) is 24.0 Å². The lowest BCUT2D eigenvalue weighted by molar-refractivity contribution is 0.0997. The highest BCUT2D eigenvalue weighted by atomic mass is 35.5. The van der Waals surface area contributed by atoms with Gasteiger partial charge in [-0.15, -0.1) is 0 Å². The third-order valence-corrected chi connectivity index (χ3v) is 6.20. The minimum absolute atomic E-state index is 0.0143. The van der Waals surface area contributed by atoms with Gasteiger partial charge in [-0.25, -0.2) is 13.6 Å². The number of hydrogen-bond acceptors (Lipinski definition) is 6. The summed E-state index contributed by atoms with van der Waals surface area (Å²) < 4.78 is 40.7. The van der Waals surface area contributed by atoms with E-state index in [-0.39, 0.29) is 34.6 Å². The molecular weight excluding hydrogens is 515 g/mol. The van der Waals surface area contributed by atoms with Crippen LogP contribution in [0.1, 0.15) is 10.4 Å². The van der Waals surface area contributed by atoms with Crippen LogP contribution < -0.4 is 25.8 Å². The van der Waals surface area contributed by atoms with E-state index >= 15 is 4.39 Å². The predicted molar refractivity (Wildman–Crippen MR) is 137 cm³/mol. The number of nitrogens with zero attached hydrogens (tertiary/aromatic N) is 2. The molecule has 1 saturated carbocycles. The lowest BCUT2D eigenvalue weighted by Gasteiger charge is -2.15. The Balaban J connectivity index is 1.63. The van der Waals surface area contributed by atoms with Gasteiger partial charge in [-0.2, -0.15) is 5.26 Å². The van der Waals surface area contributed by atoms with Crippen LogP contribution in [-0.2, 0) is 0 Å². The fraction of sp³-hybridized carbons (Fsp3) is 0.182. The number of primary amides is 1. The highest BCUT2D eigenvalue weighted by Crippen LogP contribution is 2.67. The highest BCUT2D eigenvalue weighted by Gasteiger charge is 2.62.